The highest BCUT2D eigenvalue weighted by Crippen LogP contribution is 2.22. The van der Waals surface area contributed by atoms with Gasteiger partial charge in [-0.15, -0.1) is 0 Å². The lowest BCUT2D eigenvalue weighted by Gasteiger charge is -2.10. The average Bonchev–Trinajstić information content (AvgIpc) is 3.17. The Morgan fingerprint density at radius 2 is 1.04 bits per heavy atom. The van der Waals surface area contributed by atoms with Crippen molar-refractivity contribution in [2.75, 3.05) is 45.4 Å². The third-order valence-electron chi connectivity index (χ3n) is 7.68. The summed E-state index contributed by atoms with van der Waals surface area (Å²) < 4.78 is 34.5. The van der Waals surface area contributed by atoms with Crippen LogP contribution < -0.4 is 28.4 Å². The molecule has 1 heterocycles. The Balaban J connectivity index is 1.08. The SMILES string of the molecule is C=CC(=O)OCCCCOc1ccc(C(=O)Oc2ccc(OC(=O)c3ccc(OCCCCOC(=O)CC[n+]4ccc(N(C)C)cc4)cc3)cc2)cc1. The molecule has 1 aromatic heterocycles. The smallest absolute Gasteiger partial charge is 0.343 e. The number of ether oxygens (including phenoxy) is 6. The van der Waals surface area contributed by atoms with E-state index in [0.717, 1.165) is 11.8 Å². The Hall–Kier alpha value is -6.17. The summed E-state index contributed by atoms with van der Waals surface area (Å²) in [4.78, 5) is 50.4. The molecule has 12 heteroatoms. The van der Waals surface area contributed by atoms with Crippen LogP contribution in [-0.2, 0) is 25.6 Å². The van der Waals surface area contributed by atoms with Crippen LogP contribution in [0.2, 0.25) is 0 Å². The molecule has 4 aromatic rings. The van der Waals surface area contributed by atoms with Crippen LogP contribution in [0.1, 0.15) is 52.8 Å². The zero-order chi connectivity index (χ0) is 37.8. The van der Waals surface area contributed by atoms with Crippen LogP contribution in [0, 0.1) is 0 Å². The van der Waals surface area contributed by atoms with E-state index in [1.165, 1.54) is 24.3 Å². The molecule has 0 N–H and O–H groups in total. The number of benzene rings is 3. The molecule has 0 aliphatic carbocycles. The zero-order valence-corrected chi connectivity index (χ0v) is 30.1. The molecule has 3 aromatic carbocycles. The van der Waals surface area contributed by atoms with E-state index in [9.17, 15) is 19.2 Å². The minimum Gasteiger partial charge on any atom is -0.494 e. The van der Waals surface area contributed by atoms with Crippen molar-refractivity contribution in [3.05, 3.63) is 121 Å². The third-order valence-corrected chi connectivity index (χ3v) is 7.68. The molecule has 278 valence electrons. The molecular formula is C41H45N2O10+. The Labute approximate surface area is 309 Å². The van der Waals surface area contributed by atoms with Gasteiger partial charge in [-0.2, -0.15) is 0 Å². The van der Waals surface area contributed by atoms with Crippen molar-refractivity contribution in [1.82, 2.24) is 0 Å². The molecule has 53 heavy (non-hydrogen) atoms. The summed E-state index contributed by atoms with van der Waals surface area (Å²) in [7, 11) is 3.96. The van der Waals surface area contributed by atoms with Gasteiger partial charge < -0.3 is 33.3 Å². The molecule has 0 spiro atoms. The number of carbonyl (C=O) groups excluding carboxylic acids is 4. The minimum absolute atomic E-state index is 0.238. The lowest BCUT2D eigenvalue weighted by atomic mass is 10.2. The van der Waals surface area contributed by atoms with Crippen molar-refractivity contribution in [1.29, 1.82) is 0 Å². The van der Waals surface area contributed by atoms with E-state index in [1.807, 2.05) is 48.1 Å². The van der Waals surface area contributed by atoms with Crippen LogP contribution >= 0.6 is 0 Å². The Morgan fingerprint density at radius 1 is 0.604 bits per heavy atom. The maximum atomic E-state index is 12.7. The van der Waals surface area contributed by atoms with E-state index in [-0.39, 0.29) is 17.5 Å². The van der Waals surface area contributed by atoms with Gasteiger partial charge in [0, 0.05) is 38.0 Å². The highest BCUT2D eigenvalue weighted by Gasteiger charge is 2.13. The van der Waals surface area contributed by atoms with Crippen molar-refractivity contribution in [3.63, 3.8) is 0 Å². The van der Waals surface area contributed by atoms with Gasteiger partial charge in [0.1, 0.15) is 29.4 Å². The van der Waals surface area contributed by atoms with Crippen molar-refractivity contribution < 1.29 is 52.2 Å². The first-order chi connectivity index (χ1) is 25.7. The molecule has 0 bridgehead atoms. The molecule has 0 unspecified atom stereocenters. The van der Waals surface area contributed by atoms with E-state index in [0.29, 0.717) is 87.7 Å². The molecular weight excluding hydrogens is 680 g/mol. The molecule has 0 saturated carbocycles. The Kier molecular flexibility index (Phi) is 15.9. The van der Waals surface area contributed by atoms with Gasteiger partial charge >= 0.3 is 23.9 Å². The fraction of sp³-hybridized carbons (Fsp3) is 0.293. The summed E-state index contributed by atoms with van der Waals surface area (Å²) in [6.07, 6.45) is 8.03. The summed E-state index contributed by atoms with van der Waals surface area (Å²) in [6, 6.07) is 23.3. The van der Waals surface area contributed by atoms with Gasteiger partial charge in [0.25, 0.3) is 0 Å². The van der Waals surface area contributed by atoms with Crippen molar-refractivity contribution in [2.24, 2.45) is 0 Å². The lowest BCUT2D eigenvalue weighted by Crippen LogP contribution is -2.34. The van der Waals surface area contributed by atoms with Gasteiger partial charge in [0.2, 0.25) is 0 Å². The van der Waals surface area contributed by atoms with E-state index >= 15 is 0 Å². The van der Waals surface area contributed by atoms with E-state index in [4.69, 9.17) is 28.4 Å². The monoisotopic (exact) mass is 725 g/mol. The number of aromatic nitrogens is 1. The van der Waals surface area contributed by atoms with Gasteiger partial charge in [-0.3, -0.25) is 4.79 Å². The molecule has 0 aliphatic rings. The van der Waals surface area contributed by atoms with E-state index < -0.39 is 17.9 Å². The summed E-state index contributed by atoms with van der Waals surface area (Å²) in [5, 5.41) is 0. The molecule has 0 saturated heterocycles. The number of hydrogen-bond acceptors (Lipinski definition) is 11. The van der Waals surface area contributed by atoms with Crippen LogP contribution in [-0.4, -0.2) is 64.4 Å². The standard InChI is InChI=1S/C41H45N2O10/c1-4-38(44)50-29-7-5-27-48-34-13-9-31(10-14-34)40(46)52-36-17-19-37(20-18-36)53-41(47)32-11-15-35(16-12-32)49-28-6-8-30-51-39(45)23-26-43-24-21-33(22-25-43)42(2)3/h4,9-22,24-25H,1,5-8,23,26-30H2,2-3H3/q+1. The molecule has 12 nitrogen and oxygen atoms in total. The van der Waals surface area contributed by atoms with Crippen molar-refractivity contribution >= 4 is 29.6 Å². The highest BCUT2D eigenvalue weighted by atomic mass is 16.5. The van der Waals surface area contributed by atoms with Gasteiger partial charge in [-0.1, -0.05) is 6.58 Å². The van der Waals surface area contributed by atoms with Gasteiger partial charge in [0.05, 0.1) is 37.6 Å². The number of anilines is 1. The summed E-state index contributed by atoms with van der Waals surface area (Å²) in [6.45, 7) is 5.40. The largest absolute Gasteiger partial charge is 0.494 e. The van der Waals surface area contributed by atoms with Gasteiger partial charge in [-0.05, 0) is 98.5 Å². The van der Waals surface area contributed by atoms with Crippen LogP contribution in [0.4, 0.5) is 5.69 Å². The summed E-state index contributed by atoms with van der Waals surface area (Å²) in [5.74, 6) is -0.0217. The quantitative estimate of drug-likeness (QED) is 0.0322. The number of nitrogens with zero attached hydrogens (tertiary/aromatic N) is 2. The first-order valence-corrected chi connectivity index (χ1v) is 17.3. The summed E-state index contributed by atoms with van der Waals surface area (Å²) in [5.41, 5.74) is 1.77. The second-order valence-corrected chi connectivity index (χ2v) is 11.9. The van der Waals surface area contributed by atoms with Crippen LogP contribution in [0.15, 0.2) is 110 Å². The molecule has 0 radical (unpaired) electrons. The minimum atomic E-state index is -0.552. The van der Waals surface area contributed by atoms with E-state index in [2.05, 4.69) is 6.58 Å². The highest BCUT2D eigenvalue weighted by molar-refractivity contribution is 5.92. The number of unbranched alkanes of at least 4 members (excludes halogenated alkanes) is 2. The van der Waals surface area contributed by atoms with Gasteiger partial charge in [-0.25, -0.2) is 19.0 Å². The van der Waals surface area contributed by atoms with Crippen LogP contribution in [0.5, 0.6) is 23.0 Å². The average molecular weight is 726 g/mol. The molecule has 0 fully saturated rings. The fourth-order valence-electron chi connectivity index (χ4n) is 4.68. The van der Waals surface area contributed by atoms with Gasteiger partial charge in [0.15, 0.2) is 18.9 Å². The topological polar surface area (TPSA) is 131 Å². The first-order valence-electron chi connectivity index (χ1n) is 17.3. The number of carbonyl (C=O) groups is 4. The number of esters is 4. The molecule has 0 amide bonds. The molecule has 0 aliphatic heterocycles. The number of aryl methyl sites for hydroxylation is 1. The maximum Gasteiger partial charge on any atom is 0.343 e. The molecule has 0 atom stereocenters. The van der Waals surface area contributed by atoms with Crippen LogP contribution in [0.3, 0.4) is 0 Å². The van der Waals surface area contributed by atoms with Crippen LogP contribution in [0.25, 0.3) is 0 Å². The van der Waals surface area contributed by atoms with Crippen molar-refractivity contribution in [2.45, 2.75) is 38.6 Å². The van der Waals surface area contributed by atoms with E-state index in [1.54, 1.807) is 48.5 Å². The predicted molar refractivity (Wildman–Crippen MR) is 196 cm³/mol. The molecule has 4 rings (SSSR count). The van der Waals surface area contributed by atoms with Crippen molar-refractivity contribution in [3.8, 4) is 23.0 Å². The Bertz CT molecular complexity index is 1770. The second-order valence-electron chi connectivity index (χ2n) is 11.9. The Morgan fingerprint density at radius 3 is 1.49 bits per heavy atom. The number of hydrogen-bond donors (Lipinski definition) is 0. The zero-order valence-electron chi connectivity index (χ0n) is 30.1. The predicted octanol–water partition coefficient (Wildman–Crippen LogP) is 6.16. The lowest BCUT2D eigenvalue weighted by molar-refractivity contribution is -0.695. The number of rotatable bonds is 21. The second kappa shape index (κ2) is 21.3. The normalized spacial score (nSPS) is 10.5. The fourth-order valence-corrected chi connectivity index (χ4v) is 4.68. The summed E-state index contributed by atoms with van der Waals surface area (Å²) >= 11 is 0. The first kappa shape index (κ1) is 39.6. The number of pyridine rings is 1. The third kappa shape index (κ3) is 14.2. The maximum absolute atomic E-state index is 12.7.